The minimum atomic E-state index is -0.288. The summed E-state index contributed by atoms with van der Waals surface area (Å²) in [5.41, 5.74) is 1.34. The van der Waals surface area contributed by atoms with Crippen LogP contribution >= 0.6 is 23.4 Å². The molecule has 23 heavy (non-hydrogen) atoms. The fourth-order valence-electron chi connectivity index (χ4n) is 1.96. The molecule has 0 bridgehead atoms. The van der Waals surface area contributed by atoms with Gasteiger partial charge in [-0.1, -0.05) is 29.4 Å². The molecule has 0 spiro atoms. The largest absolute Gasteiger partial charge is 0.396 e. The highest BCUT2D eigenvalue weighted by atomic mass is 35.5. The molecule has 0 radical (unpaired) electrons. The van der Waals surface area contributed by atoms with Crippen LogP contribution in [-0.4, -0.2) is 33.3 Å². The molecule has 1 heterocycles. The van der Waals surface area contributed by atoms with Crippen molar-refractivity contribution in [3.05, 3.63) is 50.9 Å². The molecule has 0 aliphatic heterocycles. The number of rotatable bonds is 6. The summed E-state index contributed by atoms with van der Waals surface area (Å²) in [6, 6.07) is 6.85. The van der Waals surface area contributed by atoms with Crippen molar-refractivity contribution in [2.45, 2.75) is 18.5 Å². The van der Waals surface area contributed by atoms with E-state index in [4.69, 9.17) is 16.7 Å². The predicted octanol–water partition coefficient (Wildman–Crippen LogP) is 2.00. The molecule has 8 heteroatoms. The van der Waals surface area contributed by atoms with E-state index >= 15 is 0 Å². The summed E-state index contributed by atoms with van der Waals surface area (Å²) in [6.45, 7) is 1.59. The van der Waals surface area contributed by atoms with Crippen molar-refractivity contribution >= 4 is 35.0 Å². The van der Waals surface area contributed by atoms with Gasteiger partial charge in [-0.2, -0.15) is 0 Å². The Morgan fingerprint density at radius 2 is 2.26 bits per heavy atom. The van der Waals surface area contributed by atoms with Gasteiger partial charge in [0.1, 0.15) is 0 Å². The zero-order valence-corrected chi connectivity index (χ0v) is 14.0. The molecule has 0 unspecified atom stereocenters. The molecule has 0 fully saturated rings. The molecule has 122 valence electrons. The van der Waals surface area contributed by atoms with Gasteiger partial charge < -0.3 is 15.4 Å². The summed E-state index contributed by atoms with van der Waals surface area (Å²) in [5.74, 6) is -0.120. The number of aromatic amines is 1. The first-order valence-electron chi connectivity index (χ1n) is 6.88. The van der Waals surface area contributed by atoms with Crippen LogP contribution in [-0.2, 0) is 11.2 Å². The number of nitrogens with one attached hydrogen (secondary N) is 2. The molecule has 0 saturated heterocycles. The highest BCUT2D eigenvalue weighted by Crippen LogP contribution is 2.17. The van der Waals surface area contributed by atoms with E-state index < -0.39 is 0 Å². The Labute approximate surface area is 142 Å². The molecule has 2 rings (SSSR count). The molecule has 3 N–H and O–H groups in total. The number of aliphatic hydroxyl groups is 1. The number of nitrogens with zero attached hydrogens (tertiary/aromatic N) is 1. The van der Waals surface area contributed by atoms with Crippen molar-refractivity contribution in [3.63, 3.8) is 0 Å². The number of anilines is 1. The second-order valence-corrected chi connectivity index (χ2v) is 6.16. The number of carbonyl (C=O) groups is 1. The Bertz CT molecular complexity index is 764. The van der Waals surface area contributed by atoms with Crippen molar-refractivity contribution in [3.8, 4) is 0 Å². The van der Waals surface area contributed by atoms with Crippen molar-refractivity contribution in [2.24, 2.45) is 0 Å². The second-order valence-electron chi connectivity index (χ2n) is 4.76. The minimum Gasteiger partial charge on any atom is -0.396 e. The molecule has 1 aromatic carbocycles. The number of H-pyrrole nitrogens is 1. The van der Waals surface area contributed by atoms with Crippen LogP contribution in [0.5, 0.6) is 0 Å². The number of hydrogen-bond donors (Lipinski definition) is 3. The van der Waals surface area contributed by atoms with Gasteiger partial charge in [0.05, 0.1) is 5.75 Å². The SMILES string of the molecule is Cc1nc(SCC(=O)Nc2cccc(Cl)c2)[nH]c(=O)c1CCO. The molecule has 0 atom stereocenters. The Balaban J connectivity index is 1.98. The van der Waals surface area contributed by atoms with Gasteiger partial charge in [-0.25, -0.2) is 4.98 Å². The van der Waals surface area contributed by atoms with Gasteiger partial charge in [0.2, 0.25) is 5.91 Å². The lowest BCUT2D eigenvalue weighted by atomic mass is 10.2. The third-order valence-electron chi connectivity index (χ3n) is 3.01. The number of benzene rings is 1. The number of thioether (sulfide) groups is 1. The fourth-order valence-corrected chi connectivity index (χ4v) is 2.85. The van der Waals surface area contributed by atoms with Crippen molar-refractivity contribution < 1.29 is 9.90 Å². The molecule has 6 nitrogen and oxygen atoms in total. The van der Waals surface area contributed by atoms with Gasteiger partial charge in [0.15, 0.2) is 5.16 Å². The molecule has 0 saturated carbocycles. The van der Waals surface area contributed by atoms with Gasteiger partial charge in [-0.15, -0.1) is 0 Å². The summed E-state index contributed by atoms with van der Waals surface area (Å²) in [5, 5.41) is 12.6. The van der Waals surface area contributed by atoms with Crippen LogP contribution in [0.1, 0.15) is 11.3 Å². The molecule has 2 aromatic rings. The summed E-state index contributed by atoms with van der Waals surface area (Å²) >= 11 is 6.99. The Kier molecular flexibility index (Phi) is 6.20. The van der Waals surface area contributed by atoms with Crippen LogP contribution in [0.15, 0.2) is 34.2 Å². The molecule has 0 aliphatic carbocycles. The van der Waals surface area contributed by atoms with Crippen LogP contribution < -0.4 is 10.9 Å². The monoisotopic (exact) mass is 353 g/mol. The first-order valence-corrected chi connectivity index (χ1v) is 8.25. The zero-order chi connectivity index (χ0) is 16.8. The van der Waals surface area contributed by atoms with Gasteiger partial charge in [-0.05, 0) is 25.1 Å². The van der Waals surface area contributed by atoms with Gasteiger partial charge in [0.25, 0.3) is 5.56 Å². The molecule has 0 aliphatic rings. The van der Waals surface area contributed by atoms with Crippen molar-refractivity contribution in [1.29, 1.82) is 0 Å². The lowest BCUT2D eigenvalue weighted by molar-refractivity contribution is -0.113. The van der Waals surface area contributed by atoms with E-state index in [-0.39, 0.29) is 30.2 Å². The molecule has 1 amide bonds. The number of aromatic nitrogens is 2. The Hall–Kier alpha value is -1.83. The number of carbonyl (C=O) groups excluding carboxylic acids is 1. The zero-order valence-electron chi connectivity index (χ0n) is 12.4. The van der Waals surface area contributed by atoms with Gasteiger partial charge in [0, 0.05) is 35.0 Å². The topological polar surface area (TPSA) is 95.1 Å². The van der Waals surface area contributed by atoms with E-state index in [9.17, 15) is 9.59 Å². The first-order chi connectivity index (χ1) is 11.0. The summed E-state index contributed by atoms with van der Waals surface area (Å²) < 4.78 is 0. The van der Waals surface area contributed by atoms with Crippen LogP contribution in [0, 0.1) is 6.92 Å². The van der Waals surface area contributed by atoms with E-state index in [1.165, 1.54) is 0 Å². The smallest absolute Gasteiger partial charge is 0.255 e. The molecular weight excluding hydrogens is 338 g/mol. The second kappa shape index (κ2) is 8.14. The number of halogens is 1. The summed E-state index contributed by atoms with van der Waals surface area (Å²) in [6.07, 6.45) is 0.258. The van der Waals surface area contributed by atoms with E-state index in [0.29, 0.717) is 27.1 Å². The lowest BCUT2D eigenvalue weighted by Gasteiger charge is -2.07. The van der Waals surface area contributed by atoms with Crippen LogP contribution in [0.3, 0.4) is 0 Å². The predicted molar refractivity (Wildman–Crippen MR) is 91.2 cm³/mol. The maximum Gasteiger partial charge on any atom is 0.255 e. The maximum atomic E-state index is 11.9. The molecule has 1 aromatic heterocycles. The van der Waals surface area contributed by atoms with E-state index in [1.807, 2.05) is 0 Å². The number of aryl methyl sites for hydroxylation is 1. The van der Waals surface area contributed by atoms with Gasteiger partial charge in [-0.3, -0.25) is 9.59 Å². The minimum absolute atomic E-state index is 0.105. The highest BCUT2D eigenvalue weighted by Gasteiger charge is 2.10. The van der Waals surface area contributed by atoms with Crippen LogP contribution in [0.4, 0.5) is 5.69 Å². The van der Waals surface area contributed by atoms with Gasteiger partial charge >= 0.3 is 0 Å². The van der Waals surface area contributed by atoms with E-state index in [1.54, 1.807) is 31.2 Å². The standard InChI is InChI=1S/C15H16ClN3O3S/c1-9-12(5-6-20)14(22)19-15(17-9)23-8-13(21)18-11-4-2-3-10(16)7-11/h2-4,7,20H,5-6,8H2,1H3,(H,18,21)(H,17,19,22). The average molecular weight is 354 g/mol. The highest BCUT2D eigenvalue weighted by molar-refractivity contribution is 7.99. The van der Waals surface area contributed by atoms with Crippen molar-refractivity contribution in [2.75, 3.05) is 17.7 Å². The van der Waals surface area contributed by atoms with Crippen LogP contribution in [0.2, 0.25) is 5.02 Å². The van der Waals surface area contributed by atoms with E-state index in [2.05, 4.69) is 15.3 Å². The normalized spacial score (nSPS) is 10.6. The summed E-state index contributed by atoms with van der Waals surface area (Å²) in [4.78, 5) is 30.7. The maximum absolute atomic E-state index is 11.9. The van der Waals surface area contributed by atoms with Crippen molar-refractivity contribution in [1.82, 2.24) is 9.97 Å². The average Bonchev–Trinajstić information content (AvgIpc) is 2.49. The first kappa shape index (κ1) is 17.5. The fraction of sp³-hybridized carbons (Fsp3) is 0.267. The third kappa shape index (κ3) is 5.09. The Morgan fingerprint density at radius 3 is 2.91 bits per heavy atom. The van der Waals surface area contributed by atoms with Crippen LogP contribution in [0.25, 0.3) is 0 Å². The third-order valence-corrected chi connectivity index (χ3v) is 4.12. The quantitative estimate of drug-likeness (QED) is 0.545. The number of hydrogen-bond acceptors (Lipinski definition) is 5. The summed E-state index contributed by atoms with van der Waals surface area (Å²) in [7, 11) is 0. The lowest BCUT2D eigenvalue weighted by Crippen LogP contribution is -2.19. The van der Waals surface area contributed by atoms with E-state index in [0.717, 1.165) is 11.8 Å². The Morgan fingerprint density at radius 1 is 1.48 bits per heavy atom. The molecular formula is C15H16ClN3O3S. The number of amides is 1. The number of aliphatic hydroxyl groups excluding tert-OH is 1.